The van der Waals surface area contributed by atoms with Crippen LogP contribution in [-0.4, -0.2) is 33.2 Å². The Balaban J connectivity index is 1.35. The van der Waals surface area contributed by atoms with Gasteiger partial charge in [0, 0.05) is 17.4 Å². The standard InChI is InChI=1S/C20H19N3O2S/c1-2-6-15(7-3-1)23-19(14-10-11-14)21-22-20(23)26-13-16-12-24-17-8-4-5-9-18(17)25-16/h1-9,14,16H,10-13H2/t16-/m0/s1. The van der Waals surface area contributed by atoms with Crippen molar-refractivity contribution in [3.8, 4) is 17.2 Å². The molecule has 3 aromatic rings. The number of hydrogen-bond acceptors (Lipinski definition) is 5. The molecule has 2 heterocycles. The zero-order chi connectivity index (χ0) is 17.3. The molecular weight excluding hydrogens is 346 g/mol. The minimum atomic E-state index is 0.000184. The molecule has 0 radical (unpaired) electrons. The van der Waals surface area contributed by atoms with Gasteiger partial charge in [-0.2, -0.15) is 0 Å². The lowest BCUT2D eigenvalue weighted by molar-refractivity contribution is 0.107. The van der Waals surface area contributed by atoms with Crippen LogP contribution in [-0.2, 0) is 0 Å². The molecule has 0 amide bonds. The van der Waals surface area contributed by atoms with Crippen molar-refractivity contribution in [1.82, 2.24) is 14.8 Å². The third-order valence-corrected chi connectivity index (χ3v) is 5.64. The molecule has 1 saturated carbocycles. The van der Waals surface area contributed by atoms with E-state index >= 15 is 0 Å². The normalized spacial score (nSPS) is 18.7. The molecule has 0 bridgehead atoms. The van der Waals surface area contributed by atoms with Crippen molar-refractivity contribution < 1.29 is 9.47 Å². The van der Waals surface area contributed by atoms with Gasteiger partial charge in [0.15, 0.2) is 16.7 Å². The third-order valence-electron chi connectivity index (χ3n) is 4.58. The van der Waals surface area contributed by atoms with Gasteiger partial charge in [-0.1, -0.05) is 42.1 Å². The van der Waals surface area contributed by atoms with Gasteiger partial charge in [0.2, 0.25) is 0 Å². The number of benzene rings is 2. The minimum Gasteiger partial charge on any atom is -0.486 e. The molecule has 2 aliphatic rings. The highest BCUT2D eigenvalue weighted by Gasteiger charge is 2.31. The van der Waals surface area contributed by atoms with Gasteiger partial charge in [-0.3, -0.25) is 4.57 Å². The number of aromatic nitrogens is 3. The molecule has 1 aromatic heterocycles. The first kappa shape index (κ1) is 15.8. The average molecular weight is 365 g/mol. The number of hydrogen-bond donors (Lipinski definition) is 0. The zero-order valence-corrected chi connectivity index (χ0v) is 15.1. The summed E-state index contributed by atoms with van der Waals surface area (Å²) in [6.45, 7) is 0.555. The second-order valence-electron chi connectivity index (χ2n) is 6.59. The highest BCUT2D eigenvalue weighted by molar-refractivity contribution is 7.99. The molecule has 1 aliphatic heterocycles. The number of ether oxygens (including phenoxy) is 2. The van der Waals surface area contributed by atoms with Gasteiger partial charge in [-0.25, -0.2) is 0 Å². The van der Waals surface area contributed by atoms with E-state index in [9.17, 15) is 0 Å². The molecule has 1 atom stereocenters. The van der Waals surface area contributed by atoms with Crippen LogP contribution >= 0.6 is 11.8 Å². The molecule has 2 aromatic carbocycles. The van der Waals surface area contributed by atoms with Gasteiger partial charge in [0.25, 0.3) is 0 Å². The van der Waals surface area contributed by atoms with E-state index in [0.29, 0.717) is 12.5 Å². The maximum atomic E-state index is 6.06. The first-order chi connectivity index (χ1) is 12.9. The van der Waals surface area contributed by atoms with Crippen molar-refractivity contribution in [3.05, 3.63) is 60.4 Å². The van der Waals surface area contributed by atoms with Crippen molar-refractivity contribution in [2.75, 3.05) is 12.4 Å². The van der Waals surface area contributed by atoms with Crippen LogP contribution in [0.2, 0.25) is 0 Å². The fourth-order valence-electron chi connectivity index (χ4n) is 3.11. The Kier molecular flexibility index (Phi) is 4.05. The Labute approximate surface area is 156 Å². The van der Waals surface area contributed by atoms with Crippen LogP contribution in [0.4, 0.5) is 0 Å². The molecular formula is C20H19N3O2S. The highest BCUT2D eigenvalue weighted by Crippen LogP contribution is 2.41. The molecule has 6 heteroatoms. The maximum absolute atomic E-state index is 6.06. The smallest absolute Gasteiger partial charge is 0.195 e. The van der Waals surface area contributed by atoms with E-state index in [-0.39, 0.29) is 6.10 Å². The van der Waals surface area contributed by atoms with Crippen LogP contribution in [0.25, 0.3) is 5.69 Å². The fraction of sp³-hybridized carbons (Fsp3) is 0.300. The first-order valence-corrected chi connectivity index (χ1v) is 9.89. The Hall–Kier alpha value is -2.47. The predicted molar refractivity (Wildman–Crippen MR) is 100 cm³/mol. The van der Waals surface area contributed by atoms with Gasteiger partial charge < -0.3 is 9.47 Å². The summed E-state index contributed by atoms with van der Waals surface area (Å²) < 4.78 is 14.1. The second kappa shape index (κ2) is 6.68. The van der Waals surface area contributed by atoms with Gasteiger partial charge in [0.1, 0.15) is 18.5 Å². The average Bonchev–Trinajstić information content (AvgIpc) is 3.46. The van der Waals surface area contributed by atoms with E-state index in [0.717, 1.165) is 33.9 Å². The van der Waals surface area contributed by atoms with E-state index < -0.39 is 0 Å². The molecule has 0 N–H and O–H groups in total. The van der Waals surface area contributed by atoms with Gasteiger partial charge in [0.05, 0.1) is 0 Å². The molecule has 26 heavy (non-hydrogen) atoms. The lowest BCUT2D eigenvalue weighted by atomic mass is 10.3. The van der Waals surface area contributed by atoms with Crippen molar-refractivity contribution in [1.29, 1.82) is 0 Å². The molecule has 132 valence electrons. The Morgan fingerprint density at radius 3 is 2.54 bits per heavy atom. The largest absolute Gasteiger partial charge is 0.486 e. The van der Waals surface area contributed by atoms with Gasteiger partial charge >= 0.3 is 0 Å². The summed E-state index contributed by atoms with van der Waals surface area (Å²) in [5.41, 5.74) is 1.12. The molecule has 1 aliphatic carbocycles. The quantitative estimate of drug-likeness (QED) is 0.638. The predicted octanol–water partition coefficient (Wildman–Crippen LogP) is 4.08. The summed E-state index contributed by atoms with van der Waals surface area (Å²) in [6.07, 6.45) is 2.40. The molecule has 5 nitrogen and oxygen atoms in total. The summed E-state index contributed by atoms with van der Waals surface area (Å²) in [4.78, 5) is 0. The Morgan fingerprint density at radius 1 is 0.962 bits per heavy atom. The zero-order valence-electron chi connectivity index (χ0n) is 14.2. The first-order valence-electron chi connectivity index (χ1n) is 8.90. The number of rotatable bonds is 5. The lowest BCUT2D eigenvalue weighted by Crippen LogP contribution is -2.31. The highest BCUT2D eigenvalue weighted by atomic mass is 32.2. The lowest BCUT2D eigenvalue weighted by Gasteiger charge is -2.26. The summed E-state index contributed by atoms with van der Waals surface area (Å²) in [6, 6.07) is 18.2. The number of nitrogens with zero attached hydrogens (tertiary/aromatic N) is 3. The molecule has 0 saturated heterocycles. The summed E-state index contributed by atoms with van der Waals surface area (Å²) in [5, 5.41) is 9.85. The van der Waals surface area contributed by atoms with Gasteiger partial charge in [-0.15, -0.1) is 10.2 Å². The van der Waals surface area contributed by atoms with Crippen molar-refractivity contribution >= 4 is 11.8 Å². The Morgan fingerprint density at radius 2 is 1.73 bits per heavy atom. The molecule has 5 rings (SSSR count). The summed E-state index contributed by atoms with van der Waals surface area (Å²) in [7, 11) is 0. The van der Waals surface area contributed by atoms with Crippen LogP contribution in [0.3, 0.4) is 0 Å². The van der Waals surface area contributed by atoms with Crippen molar-refractivity contribution in [2.45, 2.75) is 30.0 Å². The summed E-state index contributed by atoms with van der Waals surface area (Å²) >= 11 is 1.67. The van der Waals surface area contributed by atoms with E-state index in [2.05, 4.69) is 39.0 Å². The van der Waals surface area contributed by atoms with Crippen LogP contribution in [0.5, 0.6) is 11.5 Å². The fourth-order valence-corrected chi connectivity index (χ4v) is 4.04. The van der Waals surface area contributed by atoms with E-state index in [1.165, 1.54) is 12.8 Å². The minimum absolute atomic E-state index is 0.000184. The number of para-hydroxylation sites is 3. The van der Waals surface area contributed by atoms with E-state index in [4.69, 9.17) is 9.47 Å². The van der Waals surface area contributed by atoms with Crippen LogP contribution in [0.15, 0.2) is 59.8 Å². The van der Waals surface area contributed by atoms with Crippen LogP contribution in [0.1, 0.15) is 24.6 Å². The third kappa shape index (κ3) is 3.05. The van der Waals surface area contributed by atoms with Crippen molar-refractivity contribution in [2.24, 2.45) is 0 Å². The van der Waals surface area contributed by atoms with Crippen LogP contribution < -0.4 is 9.47 Å². The number of fused-ring (bicyclic) bond motifs is 1. The molecule has 0 spiro atoms. The molecule has 1 fully saturated rings. The molecule has 0 unspecified atom stereocenters. The van der Waals surface area contributed by atoms with Crippen molar-refractivity contribution in [3.63, 3.8) is 0 Å². The van der Waals surface area contributed by atoms with E-state index in [1.807, 2.05) is 30.3 Å². The Bertz CT molecular complexity index is 908. The van der Waals surface area contributed by atoms with Gasteiger partial charge in [-0.05, 0) is 37.1 Å². The monoisotopic (exact) mass is 365 g/mol. The SMILES string of the molecule is c1ccc(-n2c(SC[C@@H]3COc4ccccc4O3)nnc2C2CC2)cc1. The topological polar surface area (TPSA) is 49.2 Å². The van der Waals surface area contributed by atoms with E-state index in [1.54, 1.807) is 11.8 Å². The van der Waals surface area contributed by atoms with Crippen LogP contribution in [0, 0.1) is 0 Å². The second-order valence-corrected chi connectivity index (χ2v) is 7.58. The number of thioether (sulfide) groups is 1. The summed E-state index contributed by atoms with van der Waals surface area (Å²) in [5.74, 6) is 4.01. The maximum Gasteiger partial charge on any atom is 0.195 e.